The van der Waals surface area contributed by atoms with Crippen molar-refractivity contribution in [1.29, 1.82) is 0 Å². The van der Waals surface area contributed by atoms with E-state index in [1.165, 1.54) is 0 Å². The number of carbonyl (C=O) groups is 1. The number of ether oxygens (including phenoxy) is 1. The molecule has 1 atom stereocenters. The van der Waals surface area contributed by atoms with Crippen molar-refractivity contribution in [2.45, 2.75) is 19.5 Å². The molecule has 0 aliphatic heterocycles. The van der Waals surface area contributed by atoms with E-state index in [9.17, 15) is 4.79 Å². The first kappa shape index (κ1) is 17.8. The largest absolute Gasteiger partial charge is 0.497 e. The smallest absolute Gasteiger partial charge is 0.254 e. The minimum Gasteiger partial charge on any atom is -0.497 e. The van der Waals surface area contributed by atoms with E-state index in [0.717, 1.165) is 17.0 Å². The molecule has 0 N–H and O–H groups in total. The second-order valence-corrected chi connectivity index (χ2v) is 6.36. The number of hydrogen-bond donors (Lipinski definition) is 0. The Bertz CT molecular complexity index is 853. The molecule has 1 aromatic heterocycles. The SMILES string of the molecule is COc1ccc(C(=O)N(Cc2cccn2C)C(C)c2ccccc2)cc1. The Morgan fingerprint density at radius 1 is 1.04 bits per heavy atom. The van der Waals surface area contributed by atoms with Gasteiger partial charge in [-0.15, -0.1) is 0 Å². The number of methoxy groups -OCH3 is 1. The van der Waals surface area contributed by atoms with E-state index in [-0.39, 0.29) is 11.9 Å². The molecule has 134 valence electrons. The summed E-state index contributed by atoms with van der Waals surface area (Å²) in [5.41, 5.74) is 2.86. The summed E-state index contributed by atoms with van der Waals surface area (Å²) < 4.78 is 7.25. The van der Waals surface area contributed by atoms with Crippen LogP contribution in [0.1, 0.15) is 34.6 Å². The Morgan fingerprint density at radius 2 is 1.73 bits per heavy atom. The molecule has 0 fully saturated rings. The molecule has 0 saturated heterocycles. The van der Waals surface area contributed by atoms with Crippen molar-refractivity contribution in [3.63, 3.8) is 0 Å². The van der Waals surface area contributed by atoms with Crippen LogP contribution in [0.3, 0.4) is 0 Å². The minimum absolute atomic E-state index is 0.00482. The first-order valence-electron chi connectivity index (χ1n) is 8.70. The maximum absolute atomic E-state index is 13.3. The van der Waals surface area contributed by atoms with Gasteiger partial charge >= 0.3 is 0 Å². The maximum Gasteiger partial charge on any atom is 0.254 e. The van der Waals surface area contributed by atoms with Crippen molar-refractivity contribution in [3.8, 4) is 5.75 Å². The molecule has 2 aromatic carbocycles. The van der Waals surface area contributed by atoms with E-state index in [0.29, 0.717) is 12.1 Å². The molecular formula is C22H24N2O2. The van der Waals surface area contributed by atoms with Gasteiger partial charge in [0.1, 0.15) is 5.75 Å². The summed E-state index contributed by atoms with van der Waals surface area (Å²) >= 11 is 0. The third kappa shape index (κ3) is 3.80. The highest BCUT2D eigenvalue weighted by atomic mass is 16.5. The van der Waals surface area contributed by atoms with Crippen molar-refractivity contribution in [2.24, 2.45) is 7.05 Å². The lowest BCUT2D eigenvalue weighted by atomic mass is 10.0. The van der Waals surface area contributed by atoms with Crippen molar-refractivity contribution >= 4 is 5.91 Å². The zero-order chi connectivity index (χ0) is 18.5. The number of amides is 1. The molecule has 26 heavy (non-hydrogen) atoms. The summed E-state index contributed by atoms with van der Waals surface area (Å²) in [6.07, 6.45) is 2.00. The molecular weight excluding hydrogens is 324 g/mol. The number of benzene rings is 2. The number of aryl methyl sites for hydroxylation is 1. The van der Waals surface area contributed by atoms with Gasteiger partial charge in [0.15, 0.2) is 0 Å². The number of aromatic nitrogens is 1. The number of rotatable bonds is 6. The minimum atomic E-state index is -0.0410. The van der Waals surface area contributed by atoms with Gasteiger partial charge in [-0.05, 0) is 48.9 Å². The van der Waals surface area contributed by atoms with E-state index >= 15 is 0 Å². The quantitative estimate of drug-likeness (QED) is 0.660. The van der Waals surface area contributed by atoms with Crippen LogP contribution in [0.2, 0.25) is 0 Å². The highest BCUT2D eigenvalue weighted by Gasteiger charge is 2.23. The predicted octanol–water partition coefficient (Wildman–Crippen LogP) is 4.44. The Hall–Kier alpha value is -3.01. The third-order valence-electron chi connectivity index (χ3n) is 4.73. The van der Waals surface area contributed by atoms with Crippen LogP contribution in [0, 0.1) is 0 Å². The topological polar surface area (TPSA) is 34.5 Å². The summed E-state index contributed by atoms with van der Waals surface area (Å²) in [4.78, 5) is 15.2. The van der Waals surface area contributed by atoms with Crippen LogP contribution in [0.25, 0.3) is 0 Å². The zero-order valence-electron chi connectivity index (χ0n) is 15.4. The fourth-order valence-corrected chi connectivity index (χ4v) is 3.03. The van der Waals surface area contributed by atoms with Crippen LogP contribution >= 0.6 is 0 Å². The van der Waals surface area contributed by atoms with Crippen molar-refractivity contribution < 1.29 is 9.53 Å². The molecule has 1 unspecified atom stereocenters. The molecule has 0 saturated carbocycles. The van der Waals surface area contributed by atoms with E-state index in [1.54, 1.807) is 7.11 Å². The molecule has 1 heterocycles. The highest BCUT2D eigenvalue weighted by Crippen LogP contribution is 2.25. The monoisotopic (exact) mass is 348 g/mol. The van der Waals surface area contributed by atoms with Crippen LogP contribution in [-0.4, -0.2) is 22.5 Å². The fraction of sp³-hybridized carbons (Fsp3) is 0.227. The van der Waals surface area contributed by atoms with Crippen LogP contribution in [0.5, 0.6) is 5.75 Å². The van der Waals surface area contributed by atoms with Gasteiger partial charge in [0.2, 0.25) is 0 Å². The molecule has 0 spiro atoms. The first-order chi connectivity index (χ1) is 12.6. The van der Waals surface area contributed by atoms with Crippen LogP contribution in [0.4, 0.5) is 0 Å². The Morgan fingerprint density at radius 3 is 2.31 bits per heavy atom. The first-order valence-corrected chi connectivity index (χ1v) is 8.70. The molecule has 0 aliphatic rings. The normalized spacial score (nSPS) is 11.8. The summed E-state index contributed by atoms with van der Waals surface area (Å²) in [7, 11) is 3.62. The number of nitrogens with zero attached hydrogens (tertiary/aromatic N) is 2. The lowest BCUT2D eigenvalue weighted by Gasteiger charge is -2.30. The average Bonchev–Trinajstić information content (AvgIpc) is 3.10. The predicted molar refractivity (Wildman–Crippen MR) is 103 cm³/mol. The molecule has 0 radical (unpaired) electrons. The van der Waals surface area contributed by atoms with Gasteiger partial charge in [-0.2, -0.15) is 0 Å². The maximum atomic E-state index is 13.3. The molecule has 3 aromatic rings. The average molecular weight is 348 g/mol. The number of hydrogen-bond acceptors (Lipinski definition) is 2. The molecule has 0 aliphatic carbocycles. The Labute approximate surface area is 154 Å². The van der Waals surface area contributed by atoms with Crippen molar-refractivity contribution in [2.75, 3.05) is 7.11 Å². The summed E-state index contributed by atoms with van der Waals surface area (Å²) in [5, 5.41) is 0. The van der Waals surface area contributed by atoms with Gasteiger partial charge in [-0.25, -0.2) is 0 Å². The fourth-order valence-electron chi connectivity index (χ4n) is 3.03. The second-order valence-electron chi connectivity index (χ2n) is 6.36. The summed E-state index contributed by atoms with van der Waals surface area (Å²) in [6.45, 7) is 2.62. The summed E-state index contributed by atoms with van der Waals surface area (Å²) in [6, 6.07) is 21.4. The van der Waals surface area contributed by atoms with E-state index in [1.807, 2.05) is 77.3 Å². The van der Waals surface area contributed by atoms with Gasteiger partial charge in [0.25, 0.3) is 5.91 Å². The summed E-state index contributed by atoms with van der Waals surface area (Å²) in [5.74, 6) is 0.747. The molecule has 4 heteroatoms. The Balaban J connectivity index is 1.93. The highest BCUT2D eigenvalue weighted by molar-refractivity contribution is 5.94. The molecule has 0 bridgehead atoms. The van der Waals surface area contributed by atoms with E-state index < -0.39 is 0 Å². The standard InChI is InChI=1S/C22H24N2O2/c1-17(18-8-5-4-6-9-18)24(16-20-10-7-15-23(20)2)22(25)19-11-13-21(26-3)14-12-19/h4-15,17H,16H2,1-3H3. The molecule has 3 rings (SSSR count). The van der Waals surface area contributed by atoms with Gasteiger partial charge in [-0.3, -0.25) is 4.79 Å². The van der Waals surface area contributed by atoms with Gasteiger partial charge < -0.3 is 14.2 Å². The van der Waals surface area contributed by atoms with Gasteiger partial charge in [0, 0.05) is 24.5 Å². The van der Waals surface area contributed by atoms with E-state index in [2.05, 4.69) is 19.1 Å². The van der Waals surface area contributed by atoms with Crippen LogP contribution in [0.15, 0.2) is 72.9 Å². The number of carbonyl (C=O) groups excluding carboxylic acids is 1. The lowest BCUT2D eigenvalue weighted by molar-refractivity contribution is 0.0670. The lowest BCUT2D eigenvalue weighted by Crippen LogP contribution is -2.33. The molecule has 4 nitrogen and oxygen atoms in total. The zero-order valence-corrected chi connectivity index (χ0v) is 15.4. The Kier molecular flexibility index (Phi) is 5.42. The second kappa shape index (κ2) is 7.91. The van der Waals surface area contributed by atoms with Crippen molar-refractivity contribution in [1.82, 2.24) is 9.47 Å². The van der Waals surface area contributed by atoms with Crippen molar-refractivity contribution in [3.05, 3.63) is 89.7 Å². The van der Waals surface area contributed by atoms with Crippen LogP contribution < -0.4 is 4.74 Å². The van der Waals surface area contributed by atoms with Gasteiger partial charge in [-0.1, -0.05) is 30.3 Å². The van der Waals surface area contributed by atoms with Gasteiger partial charge in [0.05, 0.1) is 19.7 Å². The van der Waals surface area contributed by atoms with Crippen LogP contribution in [-0.2, 0) is 13.6 Å². The molecule has 1 amide bonds. The van der Waals surface area contributed by atoms with E-state index in [4.69, 9.17) is 4.74 Å². The third-order valence-corrected chi connectivity index (χ3v) is 4.73.